The van der Waals surface area contributed by atoms with Crippen molar-refractivity contribution in [2.75, 3.05) is 5.32 Å². The number of rotatable bonds is 5. The predicted molar refractivity (Wildman–Crippen MR) is 103 cm³/mol. The molecule has 1 amide bonds. The van der Waals surface area contributed by atoms with E-state index in [1.54, 1.807) is 23.6 Å². The lowest BCUT2D eigenvalue weighted by Gasteiger charge is -2.11. The Hall–Kier alpha value is -2.58. The number of carbonyl (C=O) groups is 1. The van der Waals surface area contributed by atoms with Crippen molar-refractivity contribution in [2.45, 2.75) is 40.2 Å². The Bertz CT molecular complexity index is 988. The Labute approximate surface area is 162 Å². The third kappa shape index (κ3) is 4.40. The number of carbonyl (C=O) groups excluding carboxylic acids is 1. The van der Waals surface area contributed by atoms with Crippen molar-refractivity contribution in [3.05, 3.63) is 52.4 Å². The van der Waals surface area contributed by atoms with E-state index >= 15 is 0 Å². The molecule has 0 saturated carbocycles. The second-order valence-corrected chi connectivity index (χ2v) is 6.22. The number of hydrogen-bond acceptors (Lipinski definition) is 5. The molecule has 0 atom stereocenters. The van der Waals surface area contributed by atoms with Gasteiger partial charge in [-0.2, -0.15) is 4.98 Å². The molecule has 0 saturated heterocycles. The van der Waals surface area contributed by atoms with Gasteiger partial charge in [-0.15, -0.1) is 17.5 Å². The average molecular weight is 393 g/mol. The SMILES string of the molecule is Cc1ccc(NC(=O)CCc2c(C)nc3nc(CN)nn3c2C)cc1F.Cl. The van der Waals surface area contributed by atoms with Gasteiger partial charge in [0.15, 0.2) is 5.82 Å². The summed E-state index contributed by atoms with van der Waals surface area (Å²) in [6.45, 7) is 5.72. The molecular formula is C18H22ClFN6O. The van der Waals surface area contributed by atoms with E-state index in [1.807, 2.05) is 13.8 Å². The van der Waals surface area contributed by atoms with Gasteiger partial charge in [0.05, 0.1) is 6.54 Å². The van der Waals surface area contributed by atoms with Crippen molar-refractivity contribution in [3.63, 3.8) is 0 Å². The minimum atomic E-state index is -0.342. The van der Waals surface area contributed by atoms with Crippen molar-refractivity contribution in [1.82, 2.24) is 19.6 Å². The van der Waals surface area contributed by atoms with E-state index in [0.717, 1.165) is 17.0 Å². The largest absolute Gasteiger partial charge is 0.326 e. The van der Waals surface area contributed by atoms with Crippen LogP contribution in [0.5, 0.6) is 0 Å². The fraction of sp³-hybridized carbons (Fsp3) is 0.333. The first kappa shape index (κ1) is 20.7. The Morgan fingerprint density at radius 2 is 2.00 bits per heavy atom. The summed E-state index contributed by atoms with van der Waals surface area (Å²) in [7, 11) is 0. The van der Waals surface area contributed by atoms with E-state index in [9.17, 15) is 9.18 Å². The summed E-state index contributed by atoms with van der Waals surface area (Å²) in [5.74, 6) is 0.500. The van der Waals surface area contributed by atoms with Crippen LogP contribution in [-0.4, -0.2) is 25.5 Å². The van der Waals surface area contributed by atoms with E-state index in [4.69, 9.17) is 5.73 Å². The molecular weight excluding hydrogens is 371 g/mol. The van der Waals surface area contributed by atoms with Crippen LogP contribution in [0.15, 0.2) is 18.2 Å². The quantitative estimate of drug-likeness (QED) is 0.695. The van der Waals surface area contributed by atoms with Crippen molar-refractivity contribution in [2.24, 2.45) is 5.73 Å². The van der Waals surface area contributed by atoms with Crippen LogP contribution in [0.2, 0.25) is 0 Å². The molecule has 3 aromatic rings. The average Bonchev–Trinajstić information content (AvgIpc) is 3.01. The maximum atomic E-state index is 13.6. The van der Waals surface area contributed by atoms with Crippen molar-refractivity contribution < 1.29 is 9.18 Å². The highest BCUT2D eigenvalue weighted by Gasteiger charge is 2.14. The molecule has 7 nitrogen and oxygen atoms in total. The van der Waals surface area contributed by atoms with Gasteiger partial charge in [-0.1, -0.05) is 6.07 Å². The molecule has 0 aliphatic carbocycles. The van der Waals surface area contributed by atoms with Crippen LogP contribution in [0, 0.1) is 26.6 Å². The van der Waals surface area contributed by atoms with Gasteiger partial charge in [0.2, 0.25) is 5.91 Å². The number of nitrogens with zero attached hydrogens (tertiary/aromatic N) is 4. The normalized spacial score (nSPS) is 10.7. The van der Waals surface area contributed by atoms with Crippen LogP contribution in [0.25, 0.3) is 5.78 Å². The molecule has 0 radical (unpaired) electrons. The summed E-state index contributed by atoms with van der Waals surface area (Å²) in [4.78, 5) is 20.9. The highest BCUT2D eigenvalue weighted by Crippen LogP contribution is 2.17. The van der Waals surface area contributed by atoms with Gasteiger partial charge >= 0.3 is 0 Å². The molecule has 0 aliphatic rings. The van der Waals surface area contributed by atoms with Crippen LogP contribution in [0.1, 0.15) is 34.8 Å². The molecule has 0 fully saturated rings. The first-order chi connectivity index (χ1) is 12.4. The lowest BCUT2D eigenvalue weighted by atomic mass is 10.1. The number of nitrogens with two attached hydrogens (primary N) is 1. The smallest absolute Gasteiger partial charge is 0.252 e. The molecule has 9 heteroatoms. The first-order valence-electron chi connectivity index (χ1n) is 8.37. The summed E-state index contributed by atoms with van der Waals surface area (Å²) in [6, 6.07) is 4.64. The van der Waals surface area contributed by atoms with Crippen molar-refractivity contribution in [1.29, 1.82) is 0 Å². The number of hydrogen-bond donors (Lipinski definition) is 2. The summed E-state index contributed by atoms with van der Waals surface area (Å²) in [6.07, 6.45) is 0.751. The number of aryl methyl sites for hydroxylation is 3. The lowest BCUT2D eigenvalue weighted by molar-refractivity contribution is -0.116. The Kier molecular flexibility index (Phi) is 6.45. The van der Waals surface area contributed by atoms with E-state index < -0.39 is 0 Å². The van der Waals surface area contributed by atoms with E-state index in [1.165, 1.54) is 6.07 Å². The topological polar surface area (TPSA) is 98.2 Å². The standard InChI is InChI=1S/C18H21FN6O.ClH/c1-10-4-5-13(8-15(10)19)22-17(26)7-6-14-11(2)21-18-23-16(9-20)24-25(18)12(14)3;/h4-5,8H,6-7,9,20H2,1-3H3,(H,22,26);1H. The fourth-order valence-electron chi connectivity index (χ4n) is 2.83. The number of nitrogens with one attached hydrogen (secondary N) is 1. The van der Waals surface area contributed by atoms with E-state index in [-0.39, 0.29) is 37.1 Å². The molecule has 3 rings (SSSR count). The third-order valence-electron chi connectivity index (χ3n) is 4.33. The minimum absolute atomic E-state index is 0. The van der Waals surface area contributed by atoms with Gasteiger partial charge in [0, 0.05) is 23.5 Å². The summed E-state index contributed by atoms with van der Waals surface area (Å²) in [5.41, 5.74) is 9.20. The van der Waals surface area contributed by atoms with Gasteiger partial charge in [0.1, 0.15) is 5.82 Å². The molecule has 1 aromatic carbocycles. The third-order valence-corrected chi connectivity index (χ3v) is 4.33. The zero-order valence-corrected chi connectivity index (χ0v) is 16.2. The Balaban J connectivity index is 0.00000261. The van der Waals surface area contributed by atoms with Gasteiger partial charge in [-0.05, 0) is 50.5 Å². The second-order valence-electron chi connectivity index (χ2n) is 6.22. The summed E-state index contributed by atoms with van der Waals surface area (Å²) in [5, 5.41) is 7.04. The summed E-state index contributed by atoms with van der Waals surface area (Å²) >= 11 is 0. The molecule has 2 heterocycles. The molecule has 144 valence electrons. The molecule has 0 spiro atoms. The maximum absolute atomic E-state index is 13.6. The monoisotopic (exact) mass is 392 g/mol. The number of aromatic nitrogens is 4. The molecule has 3 N–H and O–H groups in total. The zero-order valence-electron chi connectivity index (χ0n) is 15.4. The predicted octanol–water partition coefficient (Wildman–Crippen LogP) is 2.64. The van der Waals surface area contributed by atoms with Crippen LogP contribution >= 0.6 is 12.4 Å². The number of fused-ring (bicyclic) bond motifs is 1. The molecule has 27 heavy (non-hydrogen) atoms. The van der Waals surface area contributed by atoms with Crippen LogP contribution in [0.3, 0.4) is 0 Å². The second kappa shape index (κ2) is 8.41. The van der Waals surface area contributed by atoms with Gasteiger partial charge in [0.25, 0.3) is 5.78 Å². The van der Waals surface area contributed by atoms with Crippen molar-refractivity contribution >= 4 is 29.8 Å². The fourth-order valence-corrected chi connectivity index (χ4v) is 2.83. The van der Waals surface area contributed by atoms with Crippen LogP contribution in [-0.2, 0) is 17.8 Å². The zero-order chi connectivity index (χ0) is 18.8. The molecule has 0 aliphatic heterocycles. The number of anilines is 1. The molecule has 2 aromatic heterocycles. The minimum Gasteiger partial charge on any atom is -0.326 e. The number of amides is 1. The van der Waals surface area contributed by atoms with Crippen LogP contribution in [0.4, 0.5) is 10.1 Å². The van der Waals surface area contributed by atoms with Crippen LogP contribution < -0.4 is 11.1 Å². The maximum Gasteiger partial charge on any atom is 0.252 e. The molecule has 0 unspecified atom stereocenters. The van der Waals surface area contributed by atoms with E-state index in [2.05, 4.69) is 20.4 Å². The van der Waals surface area contributed by atoms with Gasteiger partial charge in [-0.25, -0.2) is 13.9 Å². The number of benzene rings is 1. The van der Waals surface area contributed by atoms with E-state index in [0.29, 0.717) is 29.3 Å². The first-order valence-corrected chi connectivity index (χ1v) is 8.37. The lowest BCUT2D eigenvalue weighted by Crippen LogP contribution is -2.14. The summed E-state index contributed by atoms with van der Waals surface area (Å²) < 4.78 is 15.2. The Morgan fingerprint density at radius 1 is 1.26 bits per heavy atom. The van der Waals surface area contributed by atoms with Gasteiger partial charge < -0.3 is 11.1 Å². The highest BCUT2D eigenvalue weighted by atomic mass is 35.5. The number of halogens is 2. The van der Waals surface area contributed by atoms with Gasteiger partial charge in [-0.3, -0.25) is 4.79 Å². The Morgan fingerprint density at radius 3 is 2.67 bits per heavy atom. The molecule has 0 bridgehead atoms. The van der Waals surface area contributed by atoms with Crippen molar-refractivity contribution in [3.8, 4) is 0 Å². The highest BCUT2D eigenvalue weighted by molar-refractivity contribution is 5.90.